The van der Waals surface area contributed by atoms with Gasteiger partial charge in [-0.15, -0.1) is 0 Å². The van der Waals surface area contributed by atoms with E-state index >= 15 is 0 Å². The molecule has 0 radical (unpaired) electrons. The predicted molar refractivity (Wildman–Crippen MR) is 74.5 cm³/mol. The minimum atomic E-state index is -0.646. The van der Waals surface area contributed by atoms with Gasteiger partial charge >= 0.3 is 6.03 Å². The molecule has 0 aliphatic heterocycles. The molecular weight excluding hydrogens is 242 g/mol. The molecule has 2 amide bonds. The van der Waals surface area contributed by atoms with Crippen LogP contribution in [0.4, 0.5) is 4.79 Å². The van der Waals surface area contributed by atoms with Crippen LogP contribution in [-0.4, -0.2) is 18.9 Å². The molecule has 0 spiro atoms. The highest BCUT2D eigenvalue weighted by molar-refractivity contribution is 6.03. The third kappa shape index (κ3) is 2.70. The third-order valence-electron chi connectivity index (χ3n) is 3.55. The van der Waals surface area contributed by atoms with Gasteiger partial charge in [-0.3, -0.25) is 0 Å². The lowest BCUT2D eigenvalue weighted by molar-refractivity contribution is 0.249. The average Bonchev–Trinajstić information content (AvgIpc) is 2.37. The van der Waals surface area contributed by atoms with E-state index in [9.17, 15) is 4.79 Å². The van der Waals surface area contributed by atoms with Gasteiger partial charge < -0.3 is 10.5 Å². The summed E-state index contributed by atoms with van der Waals surface area (Å²) in [6, 6.07) is 5.28. The normalized spacial score (nSPS) is 18.8. The molecule has 0 saturated carbocycles. The van der Waals surface area contributed by atoms with Gasteiger partial charge in [0.15, 0.2) is 0 Å². The lowest BCUT2D eigenvalue weighted by atomic mass is 9.72. The van der Waals surface area contributed by atoms with Crippen molar-refractivity contribution in [2.45, 2.75) is 32.1 Å². The van der Waals surface area contributed by atoms with Crippen molar-refractivity contribution in [2.75, 3.05) is 7.11 Å². The second-order valence-corrected chi connectivity index (χ2v) is 5.33. The van der Waals surface area contributed by atoms with Crippen LogP contribution in [0.25, 0.3) is 0 Å². The Morgan fingerprint density at radius 3 is 2.84 bits per heavy atom. The van der Waals surface area contributed by atoms with Gasteiger partial charge in [-0.1, -0.05) is 13.8 Å². The number of fused-ring (bicyclic) bond motifs is 1. The highest BCUT2D eigenvalue weighted by atomic mass is 16.5. The van der Waals surface area contributed by atoms with Crippen LogP contribution in [0.1, 0.15) is 37.8 Å². The van der Waals surface area contributed by atoms with Crippen LogP contribution in [0.15, 0.2) is 23.3 Å². The largest absolute Gasteiger partial charge is 0.497 e. The van der Waals surface area contributed by atoms with E-state index in [1.807, 2.05) is 18.2 Å². The van der Waals surface area contributed by atoms with E-state index in [-0.39, 0.29) is 5.41 Å². The number of nitrogens with two attached hydrogens (primary N) is 1. The first kappa shape index (κ1) is 13.4. The second kappa shape index (κ2) is 4.91. The topological polar surface area (TPSA) is 76.7 Å². The van der Waals surface area contributed by atoms with Crippen LogP contribution < -0.4 is 15.9 Å². The van der Waals surface area contributed by atoms with Crippen molar-refractivity contribution in [1.82, 2.24) is 5.43 Å². The predicted octanol–water partition coefficient (Wildman–Crippen LogP) is 2.14. The second-order valence-electron chi connectivity index (χ2n) is 5.33. The van der Waals surface area contributed by atoms with E-state index in [0.717, 1.165) is 29.9 Å². The number of hydrazone groups is 1. The zero-order chi connectivity index (χ0) is 14.0. The van der Waals surface area contributed by atoms with E-state index in [1.54, 1.807) is 7.11 Å². The Morgan fingerprint density at radius 1 is 1.47 bits per heavy atom. The van der Waals surface area contributed by atoms with Gasteiger partial charge in [-0.05, 0) is 42.0 Å². The number of carbonyl (C=O) groups excluding carboxylic acids is 1. The molecule has 1 aliphatic rings. The van der Waals surface area contributed by atoms with Crippen molar-refractivity contribution < 1.29 is 9.53 Å². The molecule has 102 valence electrons. The molecule has 1 aromatic rings. The Labute approximate surface area is 112 Å². The van der Waals surface area contributed by atoms with Crippen LogP contribution in [-0.2, 0) is 5.41 Å². The molecule has 0 aromatic heterocycles. The number of urea groups is 1. The zero-order valence-electron chi connectivity index (χ0n) is 11.5. The number of amides is 2. The lowest BCUT2D eigenvalue weighted by Gasteiger charge is -2.33. The molecule has 1 aliphatic carbocycles. The van der Waals surface area contributed by atoms with Gasteiger partial charge in [-0.25, -0.2) is 10.2 Å². The number of hydrogen-bond donors (Lipinski definition) is 2. The first-order chi connectivity index (χ1) is 8.94. The van der Waals surface area contributed by atoms with Crippen molar-refractivity contribution in [3.05, 3.63) is 29.3 Å². The number of nitrogens with zero attached hydrogens (tertiary/aromatic N) is 1. The molecule has 3 N–H and O–H groups in total. The molecule has 0 saturated heterocycles. The van der Waals surface area contributed by atoms with Gasteiger partial charge in [0.2, 0.25) is 0 Å². The summed E-state index contributed by atoms with van der Waals surface area (Å²) in [4.78, 5) is 10.8. The van der Waals surface area contributed by atoms with Gasteiger partial charge in [0.25, 0.3) is 0 Å². The van der Waals surface area contributed by atoms with E-state index < -0.39 is 6.03 Å². The Morgan fingerprint density at radius 2 is 2.21 bits per heavy atom. The SMILES string of the molecule is COc1ccc2c(c1)C(C)(C)CC/C2=N\NC(N)=O. The van der Waals surface area contributed by atoms with Crippen molar-refractivity contribution in [3.63, 3.8) is 0 Å². The number of nitrogens with one attached hydrogen (secondary N) is 1. The lowest BCUT2D eigenvalue weighted by Crippen LogP contribution is -2.31. The van der Waals surface area contributed by atoms with Crippen molar-refractivity contribution in [1.29, 1.82) is 0 Å². The Hall–Kier alpha value is -2.04. The number of rotatable bonds is 2. The number of benzene rings is 1. The van der Waals surface area contributed by atoms with Crippen LogP contribution in [0, 0.1) is 0 Å². The third-order valence-corrected chi connectivity index (χ3v) is 3.55. The fourth-order valence-electron chi connectivity index (χ4n) is 2.40. The smallest absolute Gasteiger partial charge is 0.332 e. The van der Waals surface area contributed by atoms with Crippen molar-refractivity contribution >= 4 is 11.7 Å². The fourth-order valence-corrected chi connectivity index (χ4v) is 2.40. The Bertz CT molecular complexity index is 535. The summed E-state index contributed by atoms with van der Waals surface area (Å²) in [6.45, 7) is 4.40. The van der Waals surface area contributed by atoms with Crippen LogP contribution >= 0.6 is 0 Å². The van der Waals surface area contributed by atoms with Gasteiger partial charge in [0, 0.05) is 5.56 Å². The fraction of sp³-hybridized carbons (Fsp3) is 0.429. The molecule has 0 unspecified atom stereocenters. The zero-order valence-corrected chi connectivity index (χ0v) is 11.5. The molecule has 2 rings (SSSR count). The van der Waals surface area contributed by atoms with Gasteiger partial charge in [-0.2, -0.15) is 5.10 Å². The molecule has 0 heterocycles. The molecule has 19 heavy (non-hydrogen) atoms. The molecular formula is C14H19N3O2. The standard InChI is InChI=1S/C14H19N3O2/c1-14(2)7-6-12(16-17-13(15)18)10-5-4-9(19-3)8-11(10)14/h4-5,8H,6-7H2,1-3H3,(H3,15,17,18)/b16-12+. The highest BCUT2D eigenvalue weighted by Gasteiger charge is 2.31. The van der Waals surface area contributed by atoms with Gasteiger partial charge in [0.05, 0.1) is 12.8 Å². The summed E-state index contributed by atoms with van der Waals surface area (Å²) in [5.41, 5.74) is 10.5. The van der Waals surface area contributed by atoms with Crippen LogP contribution in [0.5, 0.6) is 5.75 Å². The monoisotopic (exact) mass is 261 g/mol. The number of hydrogen-bond acceptors (Lipinski definition) is 3. The molecule has 5 heteroatoms. The summed E-state index contributed by atoms with van der Waals surface area (Å²) < 4.78 is 5.28. The molecule has 5 nitrogen and oxygen atoms in total. The van der Waals surface area contributed by atoms with Crippen LogP contribution in [0.3, 0.4) is 0 Å². The quantitative estimate of drug-likeness (QED) is 0.800. The van der Waals surface area contributed by atoms with E-state index in [2.05, 4.69) is 24.4 Å². The van der Waals surface area contributed by atoms with Crippen molar-refractivity contribution in [2.24, 2.45) is 10.8 Å². The molecule has 1 aromatic carbocycles. The highest BCUT2D eigenvalue weighted by Crippen LogP contribution is 2.38. The molecule has 0 atom stereocenters. The summed E-state index contributed by atoms with van der Waals surface area (Å²) in [5, 5.41) is 4.10. The minimum Gasteiger partial charge on any atom is -0.497 e. The summed E-state index contributed by atoms with van der Waals surface area (Å²) in [7, 11) is 1.65. The maximum absolute atomic E-state index is 10.8. The van der Waals surface area contributed by atoms with Crippen molar-refractivity contribution in [3.8, 4) is 5.75 Å². The number of methoxy groups -OCH3 is 1. The van der Waals surface area contributed by atoms with Crippen LogP contribution in [0.2, 0.25) is 0 Å². The summed E-state index contributed by atoms with van der Waals surface area (Å²) in [6.07, 6.45) is 1.78. The minimum absolute atomic E-state index is 0.0651. The van der Waals surface area contributed by atoms with E-state index in [1.165, 1.54) is 5.56 Å². The first-order valence-electron chi connectivity index (χ1n) is 6.25. The maximum Gasteiger partial charge on any atom is 0.332 e. The number of carbonyl (C=O) groups is 1. The number of primary amides is 1. The maximum atomic E-state index is 10.8. The number of ether oxygens (including phenoxy) is 1. The summed E-state index contributed by atoms with van der Waals surface area (Å²) >= 11 is 0. The molecule has 0 bridgehead atoms. The molecule has 0 fully saturated rings. The van der Waals surface area contributed by atoms with Gasteiger partial charge in [0.1, 0.15) is 5.75 Å². The summed E-state index contributed by atoms with van der Waals surface area (Å²) in [5.74, 6) is 0.830. The van der Waals surface area contributed by atoms with E-state index in [4.69, 9.17) is 10.5 Å². The van der Waals surface area contributed by atoms with E-state index in [0.29, 0.717) is 0 Å². The Kier molecular flexibility index (Phi) is 3.46. The first-order valence-corrected chi connectivity index (χ1v) is 6.25. The Balaban J connectivity index is 2.46. The average molecular weight is 261 g/mol.